The van der Waals surface area contributed by atoms with E-state index in [1.165, 1.54) is 0 Å². The first kappa shape index (κ1) is 12.9. The van der Waals surface area contributed by atoms with Gasteiger partial charge in [0.15, 0.2) is 0 Å². The maximum atomic E-state index is 10.7. The van der Waals surface area contributed by atoms with Gasteiger partial charge in [-0.3, -0.25) is 9.59 Å². The Morgan fingerprint density at radius 2 is 1.50 bits per heavy atom. The Labute approximate surface area is 84.0 Å². The molecule has 0 aliphatic carbocycles. The van der Waals surface area contributed by atoms with Gasteiger partial charge in [-0.2, -0.15) is 0 Å². The van der Waals surface area contributed by atoms with Crippen molar-refractivity contribution in [3.05, 3.63) is 0 Å². The van der Waals surface area contributed by atoms with E-state index in [2.05, 4.69) is 0 Å². The summed E-state index contributed by atoms with van der Waals surface area (Å²) in [5.74, 6) is -0.787. The molecular weight excluding hydrogens is 182 g/mol. The van der Waals surface area contributed by atoms with E-state index in [1.807, 2.05) is 0 Å². The van der Waals surface area contributed by atoms with Crippen molar-refractivity contribution in [1.29, 1.82) is 0 Å². The molecule has 0 unspecified atom stereocenters. The number of carbonyl (C=O) groups is 2. The second-order valence-corrected chi connectivity index (χ2v) is 3.49. The highest BCUT2D eigenvalue weighted by Gasteiger charge is 2.14. The van der Waals surface area contributed by atoms with Gasteiger partial charge < -0.3 is 17.2 Å². The third-order valence-electron chi connectivity index (χ3n) is 2.05. The van der Waals surface area contributed by atoms with Crippen LogP contribution in [-0.2, 0) is 9.59 Å². The zero-order chi connectivity index (χ0) is 11.0. The molecule has 6 N–H and O–H groups in total. The fraction of sp³-hybridized carbons (Fsp3) is 0.778. The predicted octanol–water partition coefficient (Wildman–Crippen LogP) is -0.518. The Hall–Kier alpha value is -1.10. The summed E-state index contributed by atoms with van der Waals surface area (Å²) in [6.45, 7) is 0.625. The van der Waals surface area contributed by atoms with Crippen LogP contribution in [0.2, 0.25) is 0 Å². The molecule has 82 valence electrons. The van der Waals surface area contributed by atoms with Crippen LogP contribution in [0.4, 0.5) is 0 Å². The molecule has 0 aromatic carbocycles. The molecule has 0 radical (unpaired) electrons. The molecule has 0 aromatic rings. The van der Waals surface area contributed by atoms with E-state index in [4.69, 9.17) is 17.2 Å². The van der Waals surface area contributed by atoms with Crippen LogP contribution < -0.4 is 17.2 Å². The summed E-state index contributed by atoms with van der Waals surface area (Å²) in [5.41, 5.74) is 15.4. The number of hydrogen-bond donors (Lipinski definition) is 3. The van der Waals surface area contributed by atoms with Gasteiger partial charge in [0, 0.05) is 12.8 Å². The van der Waals surface area contributed by atoms with Gasteiger partial charge >= 0.3 is 0 Å². The second kappa shape index (κ2) is 7.32. The zero-order valence-electron chi connectivity index (χ0n) is 8.37. The molecule has 0 fully saturated rings. The monoisotopic (exact) mass is 201 g/mol. The average Bonchev–Trinajstić information content (AvgIpc) is 2.02. The number of hydrogen-bond acceptors (Lipinski definition) is 3. The summed E-state index contributed by atoms with van der Waals surface area (Å²) in [6, 6.07) is 0. The molecule has 0 bridgehead atoms. The quantitative estimate of drug-likeness (QED) is 0.459. The van der Waals surface area contributed by atoms with Crippen molar-refractivity contribution in [1.82, 2.24) is 0 Å². The molecule has 0 aromatic heterocycles. The molecule has 0 aliphatic rings. The largest absolute Gasteiger partial charge is 0.370 e. The molecule has 14 heavy (non-hydrogen) atoms. The molecule has 0 rings (SSSR count). The standard InChI is InChI=1S/C9H19N3O2/c10-4-2-1-3-7(5-8(11)13)6-9(12)14/h7H,1-6,10H2,(H2,11,13)(H2,12,14). The van der Waals surface area contributed by atoms with Gasteiger partial charge in [-0.15, -0.1) is 0 Å². The summed E-state index contributed by atoms with van der Waals surface area (Å²) < 4.78 is 0. The minimum absolute atomic E-state index is 0.0171. The van der Waals surface area contributed by atoms with Crippen LogP contribution in [0.15, 0.2) is 0 Å². The lowest BCUT2D eigenvalue weighted by molar-refractivity contribution is -0.120. The van der Waals surface area contributed by atoms with Gasteiger partial charge in [-0.25, -0.2) is 0 Å². The third kappa shape index (κ3) is 7.54. The number of nitrogens with two attached hydrogens (primary N) is 3. The molecule has 5 heteroatoms. The van der Waals surface area contributed by atoms with E-state index in [9.17, 15) is 9.59 Å². The predicted molar refractivity (Wildman–Crippen MR) is 54.0 cm³/mol. The minimum Gasteiger partial charge on any atom is -0.370 e. The van der Waals surface area contributed by atoms with E-state index >= 15 is 0 Å². The molecule has 0 saturated carbocycles. The summed E-state index contributed by atoms with van der Waals surface area (Å²) in [5, 5.41) is 0. The number of rotatable bonds is 8. The van der Waals surface area contributed by atoms with E-state index in [-0.39, 0.29) is 30.6 Å². The number of primary amides is 2. The van der Waals surface area contributed by atoms with Gasteiger partial charge in [0.2, 0.25) is 11.8 Å². The Balaban J connectivity index is 3.84. The molecule has 0 saturated heterocycles. The van der Waals surface area contributed by atoms with Crippen molar-refractivity contribution >= 4 is 11.8 Å². The van der Waals surface area contributed by atoms with Crippen molar-refractivity contribution < 1.29 is 9.59 Å². The highest BCUT2D eigenvalue weighted by atomic mass is 16.1. The molecule has 0 aliphatic heterocycles. The zero-order valence-corrected chi connectivity index (χ0v) is 8.37. The second-order valence-electron chi connectivity index (χ2n) is 3.49. The number of carbonyl (C=O) groups excluding carboxylic acids is 2. The van der Waals surface area contributed by atoms with Crippen LogP contribution >= 0.6 is 0 Å². The van der Waals surface area contributed by atoms with Gasteiger partial charge in [-0.05, 0) is 25.3 Å². The summed E-state index contributed by atoms with van der Waals surface area (Å²) in [4.78, 5) is 21.3. The normalized spacial score (nSPS) is 10.4. The fourth-order valence-corrected chi connectivity index (χ4v) is 1.42. The van der Waals surface area contributed by atoms with E-state index in [0.29, 0.717) is 6.54 Å². The molecule has 0 spiro atoms. The summed E-state index contributed by atoms with van der Waals surface area (Å²) >= 11 is 0. The topological polar surface area (TPSA) is 112 Å². The highest BCUT2D eigenvalue weighted by Crippen LogP contribution is 2.15. The van der Waals surface area contributed by atoms with E-state index in [1.54, 1.807) is 0 Å². The van der Waals surface area contributed by atoms with Crippen LogP contribution in [0.25, 0.3) is 0 Å². The lowest BCUT2D eigenvalue weighted by Crippen LogP contribution is -2.22. The molecule has 0 atom stereocenters. The van der Waals surface area contributed by atoms with Gasteiger partial charge in [0.05, 0.1) is 0 Å². The van der Waals surface area contributed by atoms with Gasteiger partial charge in [-0.1, -0.05) is 6.42 Å². The summed E-state index contributed by atoms with van der Waals surface area (Å²) in [6.07, 6.45) is 3.04. The van der Waals surface area contributed by atoms with Gasteiger partial charge in [0.1, 0.15) is 0 Å². The average molecular weight is 201 g/mol. The van der Waals surface area contributed by atoms with Crippen LogP contribution in [-0.4, -0.2) is 18.4 Å². The summed E-state index contributed by atoms with van der Waals surface area (Å²) in [7, 11) is 0. The SMILES string of the molecule is NCCCCC(CC(N)=O)CC(N)=O. The third-order valence-corrected chi connectivity index (χ3v) is 2.05. The molecular formula is C9H19N3O2. The Kier molecular flexibility index (Phi) is 6.74. The van der Waals surface area contributed by atoms with Crippen molar-refractivity contribution in [2.75, 3.05) is 6.54 Å². The first-order valence-corrected chi connectivity index (χ1v) is 4.83. The Morgan fingerprint density at radius 3 is 1.86 bits per heavy atom. The van der Waals surface area contributed by atoms with Crippen LogP contribution in [0, 0.1) is 5.92 Å². The van der Waals surface area contributed by atoms with Crippen molar-refractivity contribution in [2.45, 2.75) is 32.1 Å². The lowest BCUT2D eigenvalue weighted by atomic mass is 9.94. The van der Waals surface area contributed by atoms with Crippen LogP contribution in [0.3, 0.4) is 0 Å². The maximum absolute atomic E-state index is 10.7. The van der Waals surface area contributed by atoms with Crippen molar-refractivity contribution in [3.63, 3.8) is 0 Å². The highest BCUT2D eigenvalue weighted by molar-refractivity contribution is 5.77. The van der Waals surface area contributed by atoms with Crippen LogP contribution in [0.1, 0.15) is 32.1 Å². The van der Waals surface area contributed by atoms with Crippen molar-refractivity contribution in [2.24, 2.45) is 23.1 Å². The van der Waals surface area contributed by atoms with Crippen LogP contribution in [0.5, 0.6) is 0 Å². The Morgan fingerprint density at radius 1 is 1.00 bits per heavy atom. The molecule has 5 nitrogen and oxygen atoms in total. The number of unbranched alkanes of at least 4 members (excludes halogenated alkanes) is 1. The minimum atomic E-state index is -0.385. The first-order valence-electron chi connectivity index (χ1n) is 4.83. The molecule has 0 heterocycles. The number of amides is 2. The van der Waals surface area contributed by atoms with Gasteiger partial charge in [0.25, 0.3) is 0 Å². The maximum Gasteiger partial charge on any atom is 0.217 e. The van der Waals surface area contributed by atoms with E-state index < -0.39 is 0 Å². The lowest BCUT2D eigenvalue weighted by Gasteiger charge is -2.12. The van der Waals surface area contributed by atoms with Crippen molar-refractivity contribution in [3.8, 4) is 0 Å². The first-order chi connectivity index (χ1) is 6.56. The van der Waals surface area contributed by atoms with E-state index in [0.717, 1.165) is 19.3 Å². The fourth-order valence-electron chi connectivity index (χ4n) is 1.42. The molecule has 2 amide bonds. The Bertz CT molecular complexity index is 178. The smallest absolute Gasteiger partial charge is 0.217 e.